The summed E-state index contributed by atoms with van der Waals surface area (Å²) >= 11 is 0. The maximum Gasteiger partial charge on any atom is 0.225 e. The Morgan fingerprint density at radius 1 is 0.889 bits per heavy atom. The Morgan fingerprint density at radius 2 is 1.59 bits per heavy atom. The standard InChI is InChI=1S/C21H37N3O2.ClH/c1-22-19-8-5-13-24(15-19)21(26)17-9-11-18(12-10-17)23-20(25)14-16-6-3-2-4-7-16;/h16-19,22H,2-15H2,1H3,(H,23,25);1H. The monoisotopic (exact) mass is 399 g/mol. The molecule has 2 amide bonds. The molecule has 156 valence electrons. The zero-order valence-corrected chi connectivity index (χ0v) is 17.7. The average Bonchev–Trinajstić information content (AvgIpc) is 2.69. The summed E-state index contributed by atoms with van der Waals surface area (Å²) in [7, 11) is 1.99. The first kappa shape index (κ1) is 22.5. The van der Waals surface area contributed by atoms with Crippen LogP contribution in [0.5, 0.6) is 0 Å². The minimum absolute atomic E-state index is 0. The Hall–Kier alpha value is -0.810. The van der Waals surface area contributed by atoms with Gasteiger partial charge in [-0.2, -0.15) is 0 Å². The van der Waals surface area contributed by atoms with Crippen LogP contribution in [-0.4, -0.2) is 48.9 Å². The van der Waals surface area contributed by atoms with Crippen LogP contribution in [0.2, 0.25) is 0 Å². The molecule has 0 aromatic heterocycles. The third-order valence-corrected chi connectivity index (χ3v) is 6.78. The normalized spacial score (nSPS) is 29.7. The van der Waals surface area contributed by atoms with Crippen LogP contribution in [0, 0.1) is 11.8 Å². The number of halogens is 1. The maximum atomic E-state index is 12.8. The molecule has 3 fully saturated rings. The lowest BCUT2D eigenvalue weighted by Gasteiger charge is -2.37. The van der Waals surface area contributed by atoms with Crippen LogP contribution >= 0.6 is 12.4 Å². The summed E-state index contributed by atoms with van der Waals surface area (Å²) in [4.78, 5) is 27.2. The summed E-state index contributed by atoms with van der Waals surface area (Å²) in [5.74, 6) is 1.34. The summed E-state index contributed by atoms with van der Waals surface area (Å²) in [5.41, 5.74) is 0. The minimum atomic E-state index is 0. The number of piperidine rings is 1. The molecule has 3 rings (SSSR count). The Labute approximate surface area is 170 Å². The quantitative estimate of drug-likeness (QED) is 0.745. The lowest BCUT2D eigenvalue weighted by atomic mass is 9.84. The van der Waals surface area contributed by atoms with Gasteiger partial charge in [-0.3, -0.25) is 9.59 Å². The van der Waals surface area contributed by atoms with E-state index in [0.717, 1.165) is 45.2 Å². The first-order chi connectivity index (χ1) is 12.7. The van der Waals surface area contributed by atoms with Gasteiger partial charge in [-0.15, -0.1) is 12.4 Å². The Kier molecular flexibility index (Phi) is 9.37. The molecule has 5 nitrogen and oxygen atoms in total. The highest BCUT2D eigenvalue weighted by Gasteiger charge is 2.32. The van der Waals surface area contributed by atoms with Crippen LogP contribution in [0.15, 0.2) is 0 Å². The molecule has 3 aliphatic rings. The second kappa shape index (κ2) is 11.3. The largest absolute Gasteiger partial charge is 0.353 e. The third kappa shape index (κ3) is 6.63. The lowest BCUT2D eigenvalue weighted by molar-refractivity contribution is -0.138. The van der Waals surface area contributed by atoms with Gasteiger partial charge in [0.2, 0.25) is 11.8 Å². The van der Waals surface area contributed by atoms with E-state index in [-0.39, 0.29) is 30.3 Å². The van der Waals surface area contributed by atoms with Gasteiger partial charge >= 0.3 is 0 Å². The summed E-state index contributed by atoms with van der Waals surface area (Å²) in [6, 6.07) is 0.727. The van der Waals surface area contributed by atoms with Gasteiger partial charge in [-0.05, 0) is 64.3 Å². The molecule has 1 aliphatic heterocycles. The number of hydrogen-bond acceptors (Lipinski definition) is 3. The van der Waals surface area contributed by atoms with Crippen molar-refractivity contribution in [2.45, 2.75) is 89.1 Å². The number of likely N-dealkylation sites (tertiary alicyclic amines) is 1. The molecule has 0 spiro atoms. The smallest absolute Gasteiger partial charge is 0.225 e. The molecular weight excluding hydrogens is 362 g/mol. The molecule has 1 unspecified atom stereocenters. The van der Waals surface area contributed by atoms with E-state index in [4.69, 9.17) is 0 Å². The summed E-state index contributed by atoms with van der Waals surface area (Å²) in [6.45, 7) is 1.77. The van der Waals surface area contributed by atoms with Crippen molar-refractivity contribution >= 4 is 24.2 Å². The highest BCUT2D eigenvalue weighted by molar-refractivity contribution is 5.85. The van der Waals surface area contributed by atoms with Crippen molar-refractivity contribution in [2.75, 3.05) is 20.1 Å². The Bertz CT molecular complexity index is 474. The number of carbonyl (C=O) groups is 2. The van der Waals surface area contributed by atoms with Gasteiger partial charge in [0.1, 0.15) is 0 Å². The molecule has 2 aliphatic carbocycles. The van der Waals surface area contributed by atoms with E-state index in [9.17, 15) is 9.59 Å². The fraction of sp³-hybridized carbons (Fsp3) is 0.905. The van der Waals surface area contributed by atoms with Crippen molar-refractivity contribution in [2.24, 2.45) is 11.8 Å². The first-order valence-corrected chi connectivity index (χ1v) is 10.9. The Morgan fingerprint density at radius 3 is 2.26 bits per heavy atom. The van der Waals surface area contributed by atoms with Gasteiger partial charge in [0.25, 0.3) is 0 Å². The number of rotatable bonds is 5. The van der Waals surface area contributed by atoms with E-state index < -0.39 is 0 Å². The molecule has 6 heteroatoms. The van der Waals surface area contributed by atoms with Crippen molar-refractivity contribution in [3.05, 3.63) is 0 Å². The second-order valence-electron chi connectivity index (χ2n) is 8.74. The highest BCUT2D eigenvalue weighted by atomic mass is 35.5. The van der Waals surface area contributed by atoms with Gasteiger partial charge in [-0.1, -0.05) is 19.3 Å². The molecule has 0 radical (unpaired) electrons. The number of likely N-dealkylation sites (N-methyl/N-ethyl adjacent to an activating group) is 1. The molecule has 0 aromatic rings. The zero-order valence-electron chi connectivity index (χ0n) is 16.9. The third-order valence-electron chi connectivity index (χ3n) is 6.78. The van der Waals surface area contributed by atoms with E-state index in [0.29, 0.717) is 24.3 Å². The SMILES string of the molecule is CNC1CCCN(C(=O)C2CCC(NC(=O)CC3CCCCC3)CC2)C1.Cl. The topological polar surface area (TPSA) is 61.4 Å². The summed E-state index contributed by atoms with van der Waals surface area (Å²) < 4.78 is 0. The first-order valence-electron chi connectivity index (χ1n) is 10.9. The molecule has 27 heavy (non-hydrogen) atoms. The maximum absolute atomic E-state index is 12.8. The number of amides is 2. The number of carbonyl (C=O) groups excluding carboxylic acids is 2. The van der Waals surface area contributed by atoms with Crippen LogP contribution in [0.3, 0.4) is 0 Å². The molecule has 2 N–H and O–H groups in total. The molecule has 2 saturated carbocycles. The van der Waals surface area contributed by atoms with Gasteiger partial charge < -0.3 is 15.5 Å². The van der Waals surface area contributed by atoms with Crippen LogP contribution < -0.4 is 10.6 Å². The van der Waals surface area contributed by atoms with E-state index in [1.165, 1.54) is 38.5 Å². The fourth-order valence-electron chi connectivity index (χ4n) is 5.10. The van der Waals surface area contributed by atoms with Crippen molar-refractivity contribution in [1.82, 2.24) is 15.5 Å². The van der Waals surface area contributed by atoms with E-state index in [2.05, 4.69) is 15.5 Å². The predicted octanol–water partition coefficient (Wildman–Crippen LogP) is 3.26. The van der Waals surface area contributed by atoms with Crippen LogP contribution in [0.1, 0.15) is 77.0 Å². The zero-order chi connectivity index (χ0) is 18.4. The molecule has 1 saturated heterocycles. The fourth-order valence-corrected chi connectivity index (χ4v) is 5.10. The van der Waals surface area contributed by atoms with Crippen molar-refractivity contribution in [3.8, 4) is 0 Å². The summed E-state index contributed by atoms with van der Waals surface area (Å²) in [6.07, 6.45) is 13.1. The van der Waals surface area contributed by atoms with Gasteiger partial charge in [0.15, 0.2) is 0 Å². The van der Waals surface area contributed by atoms with Gasteiger partial charge in [0, 0.05) is 37.5 Å². The second-order valence-corrected chi connectivity index (χ2v) is 8.74. The van der Waals surface area contributed by atoms with Gasteiger partial charge in [0.05, 0.1) is 0 Å². The van der Waals surface area contributed by atoms with Crippen LogP contribution in [-0.2, 0) is 9.59 Å². The highest BCUT2D eigenvalue weighted by Crippen LogP contribution is 2.29. The molecule has 0 bridgehead atoms. The van der Waals surface area contributed by atoms with Gasteiger partial charge in [-0.25, -0.2) is 0 Å². The van der Waals surface area contributed by atoms with Crippen molar-refractivity contribution in [1.29, 1.82) is 0 Å². The summed E-state index contributed by atoms with van der Waals surface area (Å²) in [5, 5.41) is 6.56. The average molecular weight is 400 g/mol. The minimum Gasteiger partial charge on any atom is -0.353 e. The molecule has 0 aromatic carbocycles. The number of hydrogen-bond donors (Lipinski definition) is 2. The molecule has 1 atom stereocenters. The number of nitrogens with one attached hydrogen (secondary N) is 2. The predicted molar refractivity (Wildman–Crippen MR) is 111 cm³/mol. The van der Waals surface area contributed by atoms with E-state index in [1.54, 1.807) is 0 Å². The number of nitrogens with zero attached hydrogens (tertiary/aromatic N) is 1. The molecule has 1 heterocycles. The molecular formula is C21H38ClN3O2. The van der Waals surface area contributed by atoms with Crippen molar-refractivity contribution in [3.63, 3.8) is 0 Å². The van der Waals surface area contributed by atoms with E-state index >= 15 is 0 Å². The Balaban J connectivity index is 0.00000261. The van der Waals surface area contributed by atoms with Crippen LogP contribution in [0.4, 0.5) is 0 Å². The van der Waals surface area contributed by atoms with Crippen molar-refractivity contribution < 1.29 is 9.59 Å². The van der Waals surface area contributed by atoms with E-state index in [1.807, 2.05) is 7.05 Å². The lowest BCUT2D eigenvalue weighted by Crippen LogP contribution is -2.49. The van der Waals surface area contributed by atoms with Crippen LogP contribution in [0.25, 0.3) is 0 Å².